The lowest BCUT2D eigenvalue weighted by molar-refractivity contribution is -0.125. The highest BCUT2D eigenvalue weighted by Crippen LogP contribution is 2.39. The van der Waals surface area contributed by atoms with Gasteiger partial charge in [0.15, 0.2) is 0 Å². The largest absolute Gasteiger partial charge is 0.368 e. The number of nitrogens with zero attached hydrogens (tertiary/aromatic N) is 4. The predicted octanol–water partition coefficient (Wildman–Crippen LogP) is 2.00. The number of nitriles is 2. The normalized spacial score (nSPS) is 11.7. The monoisotopic (exact) mass is 479 g/mol. The van der Waals surface area contributed by atoms with Crippen molar-refractivity contribution in [3.8, 4) is 12.1 Å². The summed E-state index contributed by atoms with van der Waals surface area (Å²) in [6.07, 6.45) is 0.424. The first kappa shape index (κ1) is 26.7. The second-order valence-electron chi connectivity index (χ2n) is 8.26. The number of anilines is 1. The zero-order chi connectivity index (χ0) is 25.5. The van der Waals surface area contributed by atoms with Gasteiger partial charge < -0.3 is 21.7 Å². The average molecular weight is 480 g/mol. The Balaban J connectivity index is 2.47. The van der Waals surface area contributed by atoms with Crippen LogP contribution in [0.25, 0.3) is 0 Å². The van der Waals surface area contributed by atoms with Gasteiger partial charge in [-0.3, -0.25) is 9.59 Å². The van der Waals surface area contributed by atoms with Crippen LogP contribution in [0.1, 0.15) is 48.3 Å². The summed E-state index contributed by atoms with van der Waals surface area (Å²) in [5.41, 5.74) is 12.3. The van der Waals surface area contributed by atoms with Gasteiger partial charge >= 0.3 is 0 Å². The fourth-order valence-electron chi connectivity index (χ4n) is 3.25. The van der Waals surface area contributed by atoms with E-state index in [9.17, 15) is 20.1 Å². The number of nitrogens with one attached hydrogen (secondary N) is 1. The van der Waals surface area contributed by atoms with E-state index in [0.29, 0.717) is 34.9 Å². The van der Waals surface area contributed by atoms with E-state index >= 15 is 0 Å². The number of primary amides is 1. The van der Waals surface area contributed by atoms with Crippen LogP contribution in [-0.2, 0) is 16.0 Å². The van der Waals surface area contributed by atoms with Crippen LogP contribution in [0.4, 0.5) is 5.82 Å². The van der Waals surface area contributed by atoms with Gasteiger partial charge in [-0.1, -0.05) is 49.0 Å². The van der Waals surface area contributed by atoms with Crippen LogP contribution in [0.5, 0.6) is 0 Å². The third kappa shape index (κ3) is 6.25. The van der Waals surface area contributed by atoms with E-state index in [-0.39, 0.29) is 23.6 Å². The summed E-state index contributed by atoms with van der Waals surface area (Å²) in [5, 5.41) is 22.1. The predicted molar refractivity (Wildman–Crippen MR) is 132 cm³/mol. The van der Waals surface area contributed by atoms with Gasteiger partial charge in [-0.05, 0) is 31.4 Å². The van der Waals surface area contributed by atoms with E-state index in [2.05, 4.69) is 22.4 Å². The summed E-state index contributed by atoms with van der Waals surface area (Å²) in [4.78, 5) is 30.7. The minimum atomic E-state index is -1.01. The molecule has 2 aromatic rings. The van der Waals surface area contributed by atoms with Crippen LogP contribution in [0.3, 0.4) is 0 Å². The Morgan fingerprint density at radius 2 is 1.82 bits per heavy atom. The number of aromatic nitrogens is 1. The van der Waals surface area contributed by atoms with Crippen molar-refractivity contribution in [2.75, 3.05) is 25.0 Å². The molecule has 0 fully saturated rings. The zero-order valence-corrected chi connectivity index (χ0v) is 20.6. The first-order valence-electron chi connectivity index (χ1n) is 10.7. The molecule has 2 rings (SSSR count). The number of thioether (sulfide) groups is 1. The molecule has 0 bridgehead atoms. The molecule has 1 aromatic heterocycles. The Bertz CT molecular complexity index is 1130. The molecule has 5 N–H and O–H groups in total. The molecule has 1 heterocycles. The van der Waals surface area contributed by atoms with Crippen molar-refractivity contribution < 1.29 is 9.59 Å². The average Bonchev–Trinajstić information content (AvgIpc) is 2.80. The van der Waals surface area contributed by atoms with E-state index in [1.807, 2.05) is 13.0 Å². The summed E-state index contributed by atoms with van der Waals surface area (Å²) in [5.74, 6) is -0.503. The summed E-state index contributed by atoms with van der Waals surface area (Å²) < 4.78 is 0. The third-order valence-corrected chi connectivity index (χ3v) is 6.35. The van der Waals surface area contributed by atoms with E-state index in [1.54, 1.807) is 50.1 Å². The third-order valence-electron chi connectivity index (χ3n) is 5.10. The summed E-state index contributed by atoms with van der Waals surface area (Å²) >= 11 is 1.08. The maximum absolute atomic E-state index is 12.3. The van der Waals surface area contributed by atoms with E-state index in [0.717, 1.165) is 11.8 Å². The molecule has 9 nitrogen and oxygen atoms in total. The van der Waals surface area contributed by atoms with Crippen molar-refractivity contribution in [3.63, 3.8) is 0 Å². The lowest BCUT2D eigenvalue weighted by Crippen LogP contribution is -2.50. The molecule has 0 saturated carbocycles. The quantitative estimate of drug-likeness (QED) is 0.436. The molecule has 34 heavy (non-hydrogen) atoms. The Labute approximate surface area is 204 Å². The maximum atomic E-state index is 12.3. The van der Waals surface area contributed by atoms with Crippen molar-refractivity contribution in [2.45, 2.75) is 43.0 Å². The number of nitrogens with two attached hydrogens (primary N) is 2. The van der Waals surface area contributed by atoms with Crippen LogP contribution >= 0.6 is 11.8 Å². The number of hydrogen-bond donors (Lipinski definition) is 3. The smallest absolute Gasteiger partial charge is 0.239 e. The molecule has 178 valence electrons. The van der Waals surface area contributed by atoms with Crippen LogP contribution in [0, 0.1) is 22.7 Å². The van der Waals surface area contributed by atoms with Crippen LogP contribution in [-0.4, -0.2) is 42.5 Å². The van der Waals surface area contributed by atoms with E-state index < -0.39 is 16.7 Å². The number of likely N-dealkylation sites (N-methyl/N-ethyl adjacent to an activating group) is 1. The fraction of sp³-hybridized carbons (Fsp3) is 0.375. The Hall–Kier alpha value is -3.60. The number of amides is 2. The molecule has 1 unspecified atom stereocenters. The van der Waals surface area contributed by atoms with Crippen molar-refractivity contribution in [1.82, 2.24) is 10.3 Å². The highest BCUT2D eigenvalue weighted by atomic mass is 32.2. The topological polar surface area (TPSA) is 162 Å². The van der Waals surface area contributed by atoms with Crippen LogP contribution < -0.4 is 21.7 Å². The van der Waals surface area contributed by atoms with Gasteiger partial charge in [-0.25, -0.2) is 4.98 Å². The van der Waals surface area contributed by atoms with Gasteiger partial charge in [0, 0.05) is 20.1 Å². The molecule has 2 amide bonds. The Morgan fingerprint density at radius 1 is 1.21 bits per heavy atom. The molecule has 1 atom stereocenters. The van der Waals surface area contributed by atoms with Gasteiger partial charge in [0.2, 0.25) is 11.8 Å². The SMILES string of the molecule is CCc1c(C#N)c(SC(C(N)=O)c2ccccc2)nc(N(C)CCNC(=O)C(C)(C)N)c1C#N. The zero-order valence-electron chi connectivity index (χ0n) is 19.8. The minimum Gasteiger partial charge on any atom is -0.368 e. The van der Waals surface area contributed by atoms with Gasteiger partial charge in [0.25, 0.3) is 0 Å². The number of hydrogen-bond acceptors (Lipinski definition) is 8. The summed E-state index contributed by atoms with van der Waals surface area (Å²) in [7, 11) is 1.74. The van der Waals surface area contributed by atoms with Crippen molar-refractivity contribution in [3.05, 3.63) is 52.6 Å². The standard InChI is InChI=1S/C24H29N7O2S/c1-5-16-17(13-25)21(31(4)12-11-29-23(33)24(2,3)28)30-22(18(16)14-26)34-19(20(27)32)15-9-7-6-8-10-15/h6-10,19H,5,11-12,28H2,1-4H3,(H2,27,32)(H,29,33). The molecule has 0 aliphatic carbocycles. The first-order valence-corrected chi connectivity index (χ1v) is 11.6. The number of carbonyl (C=O) groups is 2. The molecule has 10 heteroatoms. The molecule has 0 radical (unpaired) electrons. The number of rotatable bonds is 10. The molecular weight excluding hydrogens is 450 g/mol. The number of pyridine rings is 1. The van der Waals surface area contributed by atoms with Gasteiger partial charge in [-0.15, -0.1) is 0 Å². The van der Waals surface area contributed by atoms with Crippen molar-refractivity contribution in [1.29, 1.82) is 10.5 Å². The molecular formula is C24H29N7O2S. The molecule has 1 aromatic carbocycles. The van der Waals surface area contributed by atoms with Crippen LogP contribution in [0.15, 0.2) is 35.4 Å². The highest BCUT2D eigenvalue weighted by Gasteiger charge is 2.27. The Morgan fingerprint density at radius 3 is 2.32 bits per heavy atom. The van der Waals surface area contributed by atoms with Gasteiger partial charge in [0.05, 0.1) is 16.7 Å². The Kier molecular flexibility index (Phi) is 9.02. The second-order valence-corrected chi connectivity index (χ2v) is 9.35. The minimum absolute atomic E-state index is 0.251. The van der Waals surface area contributed by atoms with Gasteiger partial charge in [0.1, 0.15) is 28.2 Å². The summed E-state index contributed by atoms with van der Waals surface area (Å²) in [6.45, 7) is 5.70. The molecule has 0 aliphatic rings. The fourth-order valence-corrected chi connectivity index (χ4v) is 4.30. The van der Waals surface area contributed by atoms with Crippen LogP contribution in [0.2, 0.25) is 0 Å². The van der Waals surface area contributed by atoms with Crippen molar-refractivity contribution in [2.24, 2.45) is 11.5 Å². The van der Waals surface area contributed by atoms with Crippen molar-refractivity contribution >= 4 is 29.4 Å². The molecule has 0 saturated heterocycles. The molecule has 0 spiro atoms. The number of benzene rings is 1. The van der Waals surface area contributed by atoms with Gasteiger partial charge in [-0.2, -0.15) is 10.5 Å². The maximum Gasteiger partial charge on any atom is 0.239 e. The lowest BCUT2D eigenvalue weighted by Gasteiger charge is -2.24. The lowest BCUT2D eigenvalue weighted by atomic mass is 10.0. The number of carbonyl (C=O) groups excluding carboxylic acids is 2. The second kappa shape index (κ2) is 11.5. The molecule has 0 aliphatic heterocycles. The van der Waals surface area contributed by atoms with E-state index in [1.165, 1.54) is 0 Å². The summed E-state index contributed by atoms with van der Waals surface area (Å²) in [6, 6.07) is 13.3. The first-order chi connectivity index (χ1) is 16.0. The highest BCUT2D eigenvalue weighted by molar-refractivity contribution is 8.00. The van der Waals surface area contributed by atoms with E-state index in [4.69, 9.17) is 11.5 Å².